The number of rotatable bonds is 6. The quantitative estimate of drug-likeness (QED) is 0.632. The normalized spacial score (nSPS) is 10.9. The lowest BCUT2D eigenvalue weighted by Crippen LogP contribution is -2.02. The molecule has 3 aromatic rings. The minimum Gasteiger partial charge on any atom is -0.302 e. The predicted molar refractivity (Wildman–Crippen MR) is 94.3 cm³/mol. The first-order valence-corrected chi connectivity index (χ1v) is 8.79. The molecular weight excluding hydrogens is 304 g/mol. The molecule has 0 unspecified atom stereocenters. The molecule has 0 aliphatic heterocycles. The van der Waals surface area contributed by atoms with Gasteiger partial charge in [-0.05, 0) is 31.5 Å². The van der Waals surface area contributed by atoms with Gasteiger partial charge in [0.15, 0.2) is 11.0 Å². The Balaban J connectivity index is 1.86. The second kappa shape index (κ2) is 7.42. The minimum atomic E-state index is 0.802. The van der Waals surface area contributed by atoms with E-state index in [0.29, 0.717) is 0 Å². The molecule has 0 saturated heterocycles. The Kier molecular flexibility index (Phi) is 5.08. The number of aromatic nitrogens is 4. The van der Waals surface area contributed by atoms with Crippen LogP contribution in [0, 0.1) is 6.92 Å². The van der Waals surface area contributed by atoms with E-state index >= 15 is 0 Å². The van der Waals surface area contributed by atoms with E-state index in [-0.39, 0.29) is 0 Å². The second-order valence-electron chi connectivity index (χ2n) is 5.44. The monoisotopic (exact) mass is 324 g/mol. The number of thioether (sulfide) groups is 1. The number of nitrogens with zero attached hydrogens (tertiary/aromatic N) is 4. The highest BCUT2D eigenvalue weighted by Crippen LogP contribution is 2.26. The van der Waals surface area contributed by atoms with Crippen molar-refractivity contribution in [1.82, 2.24) is 19.7 Å². The molecule has 0 aliphatic carbocycles. The summed E-state index contributed by atoms with van der Waals surface area (Å²) in [5.41, 5.74) is 3.41. The lowest BCUT2D eigenvalue weighted by Gasteiger charge is -2.09. The molecule has 0 spiro atoms. The summed E-state index contributed by atoms with van der Waals surface area (Å²) in [6.07, 6.45) is 2.87. The summed E-state index contributed by atoms with van der Waals surface area (Å²) in [5, 5.41) is 9.79. The molecule has 0 saturated carbocycles. The molecule has 0 N–H and O–H groups in total. The molecule has 118 valence electrons. The van der Waals surface area contributed by atoms with Crippen molar-refractivity contribution in [3.63, 3.8) is 0 Å². The fourth-order valence-electron chi connectivity index (χ4n) is 2.44. The number of hydrogen-bond acceptors (Lipinski definition) is 4. The van der Waals surface area contributed by atoms with E-state index in [9.17, 15) is 0 Å². The van der Waals surface area contributed by atoms with Crippen LogP contribution in [0.3, 0.4) is 0 Å². The summed E-state index contributed by atoms with van der Waals surface area (Å²) in [5.74, 6) is 1.75. The summed E-state index contributed by atoms with van der Waals surface area (Å²) < 4.78 is 2.21. The van der Waals surface area contributed by atoms with E-state index in [0.717, 1.165) is 41.0 Å². The first kappa shape index (κ1) is 15.7. The van der Waals surface area contributed by atoms with Crippen LogP contribution < -0.4 is 0 Å². The van der Waals surface area contributed by atoms with Crippen LogP contribution in [0.15, 0.2) is 53.8 Å². The molecule has 2 heterocycles. The minimum absolute atomic E-state index is 0.802. The largest absolute Gasteiger partial charge is 0.302 e. The second-order valence-corrected chi connectivity index (χ2v) is 6.38. The third-order valence-electron chi connectivity index (χ3n) is 3.52. The topological polar surface area (TPSA) is 43.6 Å². The zero-order valence-electron chi connectivity index (χ0n) is 13.4. The summed E-state index contributed by atoms with van der Waals surface area (Å²) in [7, 11) is 0. The molecule has 5 heteroatoms. The maximum Gasteiger partial charge on any atom is 0.191 e. The van der Waals surface area contributed by atoms with E-state index in [1.165, 1.54) is 5.56 Å². The van der Waals surface area contributed by atoms with Crippen molar-refractivity contribution < 1.29 is 0 Å². The summed E-state index contributed by atoms with van der Waals surface area (Å²) in [6.45, 7) is 5.19. The number of benzene rings is 1. The van der Waals surface area contributed by atoms with Crippen LogP contribution in [0.2, 0.25) is 0 Å². The average Bonchev–Trinajstić information content (AvgIpc) is 2.97. The van der Waals surface area contributed by atoms with Gasteiger partial charge in [-0.3, -0.25) is 4.98 Å². The van der Waals surface area contributed by atoms with Crippen LogP contribution >= 0.6 is 11.8 Å². The Hall–Kier alpha value is -2.14. The Labute approximate surface area is 141 Å². The van der Waals surface area contributed by atoms with Crippen molar-refractivity contribution in [3.05, 3.63) is 59.9 Å². The maximum atomic E-state index is 4.43. The number of aryl methyl sites for hydroxylation is 1. The van der Waals surface area contributed by atoms with Crippen LogP contribution in [0.5, 0.6) is 0 Å². The van der Waals surface area contributed by atoms with Crippen LogP contribution in [-0.4, -0.2) is 19.7 Å². The van der Waals surface area contributed by atoms with Crippen LogP contribution in [-0.2, 0) is 12.3 Å². The van der Waals surface area contributed by atoms with Crippen LogP contribution in [0.4, 0.5) is 0 Å². The summed E-state index contributed by atoms with van der Waals surface area (Å²) in [6, 6.07) is 14.4. The fourth-order valence-corrected chi connectivity index (χ4v) is 3.32. The molecule has 0 fully saturated rings. The number of pyridine rings is 1. The molecular formula is C18H20N4S. The van der Waals surface area contributed by atoms with Gasteiger partial charge in [-0.25, -0.2) is 0 Å². The van der Waals surface area contributed by atoms with Crippen LogP contribution in [0.25, 0.3) is 11.4 Å². The van der Waals surface area contributed by atoms with Crippen molar-refractivity contribution in [1.29, 1.82) is 0 Å². The summed E-state index contributed by atoms with van der Waals surface area (Å²) >= 11 is 1.69. The Morgan fingerprint density at radius 2 is 2.00 bits per heavy atom. The van der Waals surface area contributed by atoms with Crippen molar-refractivity contribution in [2.75, 3.05) is 0 Å². The third kappa shape index (κ3) is 3.79. The van der Waals surface area contributed by atoms with Crippen molar-refractivity contribution in [2.45, 2.75) is 37.7 Å². The van der Waals surface area contributed by atoms with Gasteiger partial charge in [0.05, 0.1) is 5.69 Å². The number of hydrogen-bond donors (Lipinski definition) is 0. The Morgan fingerprint density at radius 3 is 2.74 bits per heavy atom. The molecule has 0 amide bonds. The van der Waals surface area contributed by atoms with Gasteiger partial charge in [0, 0.05) is 24.1 Å². The van der Waals surface area contributed by atoms with Gasteiger partial charge in [-0.2, -0.15) is 0 Å². The van der Waals surface area contributed by atoms with E-state index in [2.05, 4.69) is 57.9 Å². The summed E-state index contributed by atoms with van der Waals surface area (Å²) in [4.78, 5) is 4.37. The van der Waals surface area contributed by atoms with Gasteiger partial charge >= 0.3 is 0 Å². The van der Waals surface area contributed by atoms with Gasteiger partial charge in [0.1, 0.15) is 0 Å². The molecule has 0 aliphatic rings. The maximum absolute atomic E-state index is 4.43. The fraction of sp³-hybridized carbons (Fsp3) is 0.278. The smallest absolute Gasteiger partial charge is 0.191 e. The molecule has 23 heavy (non-hydrogen) atoms. The van der Waals surface area contributed by atoms with E-state index in [1.807, 2.05) is 24.4 Å². The lowest BCUT2D eigenvalue weighted by atomic mass is 10.1. The molecule has 0 bridgehead atoms. The average molecular weight is 324 g/mol. The highest BCUT2D eigenvalue weighted by molar-refractivity contribution is 7.98. The highest BCUT2D eigenvalue weighted by Gasteiger charge is 2.14. The first-order chi connectivity index (χ1) is 11.3. The van der Waals surface area contributed by atoms with E-state index in [4.69, 9.17) is 0 Å². The van der Waals surface area contributed by atoms with E-state index in [1.54, 1.807) is 11.8 Å². The van der Waals surface area contributed by atoms with Gasteiger partial charge in [-0.15, -0.1) is 10.2 Å². The van der Waals surface area contributed by atoms with Gasteiger partial charge in [0.25, 0.3) is 0 Å². The van der Waals surface area contributed by atoms with Crippen molar-refractivity contribution >= 4 is 11.8 Å². The molecule has 4 nitrogen and oxygen atoms in total. The molecule has 3 rings (SSSR count). The van der Waals surface area contributed by atoms with Gasteiger partial charge < -0.3 is 4.57 Å². The van der Waals surface area contributed by atoms with Crippen molar-refractivity contribution in [2.24, 2.45) is 0 Å². The predicted octanol–water partition coefficient (Wildman–Crippen LogP) is 4.35. The zero-order valence-corrected chi connectivity index (χ0v) is 14.3. The van der Waals surface area contributed by atoms with Crippen molar-refractivity contribution in [3.8, 4) is 11.4 Å². The Morgan fingerprint density at radius 1 is 1.09 bits per heavy atom. The lowest BCUT2D eigenvalue weighted by molar-refractivity contribution is 0.626. The molecule has 2 aromatic heterocycles. The standard InChI is InChI=1S/C18H20N4S/c1-3-11-22-17(15-8-6-7-14(2)12-15)20-21-18(22)23-13-16-9-4-5-10-19-16/h4-10,12H,3,11,13H2,1-2H3. The third-order valence-corrected chi connectivity index (χ3v) is 4.52. The van der Waals surface area contributed by atoms with Crippen LogP contribution in [0.1, 0.15) is 24.6 Å². The SMILES string of the molecule is CCCn1c(SCc2ccccn2)nnc1-c1cccc(C)c1. The molecule has 0 radical (unpaired) electrons. The molecule has 0 atom stereocenters. The Bertz CT molecular complexity index is 768. The zero-order chi connectivity index (χ0) is 16.1. The molecule has 1 aromatic carbocycles. The van der Waals surface area contributed by atoms with Gasteiger partial charge in [0.2, 0.25) is 0 Å². The first-order valence-electron chi connectivity index (χ1n) is 7.81. The highest BCUT2D eigenvalue weighted by atomic mass is 32.2. The van der Waals surface area contributed by atoms with E-state index < -0.39 is 0 Å². The van der Waals surface area contributed by atoms with Gasteiger partial charge in [-0.1, -0.05) is 48.5 Å².